The van der Waals surface area contributed by atoms with Crippen molar-refractivity contribution in [3.63, 3.8) is 0 Å². The average molecular weight is 2010 g/mol. The molecule has 6 aromatic heterocycles. The molecule has 0 saturated carbocycles. The minimum Gasteiger partial charge on any atom is -0.135 e. The van der Waals surface area contributed by atoms with E-state index in [-0.39, 0.29) is 0 Å². The number of thiophene rings is 6. The highest BCUT2D eigenvalue weighted by molar-refractivity contribution is 7.29. The first kappa shape index (κ1) is 86.9. The fourth-order valence-corrected chi connectivity index (χ4v) is 31.9. The zero-order valence-electron chi connectivity index (χ0n) is 80.9. The van der Waals surface area contributed by atoms with Crippen LogP contribution in [-0.4, -0.2) is 0 Å². The molecule has 6 heterocycles. The van der Waals surface area contributed by atoms with Crippen LogP contribution in [-0.2, 0) is 0 Å². The Morgan fingerprint density at radius 3 is 0.667 bits per heavy atom. The van der Waals surface area contributed by atoms with Crippen LogP contribution in [0, 0.1) is 0 Å². The van der Waals surface area contributed by atoms with Gasteiger partial charge in [0, 0.05) is 121 Å². The molecule has 696 valence electrons. The highest BCUT2D eigenvalue weighted by Gasteiger charge is 2.27. The lowest BCUT2D eigenvalue weighted by Crippen LogP contribution is -1.91. The second-order valence-corrected chi connectivity index (χ2v) is 46.0. The van der Waals surface area contributed by atoms with E-state index in [1.165, 1.54) is 318 Å². The smallest absolute Gasteiger partial charge is 0.0370 e. The minimum absolute atomic E-state index is 1.24. The van der Waals surface area contributed by atoms with Crippen molar-refractivity contribution in [3.8, 4) is 100 Å². The molecule has 0 unspecified atom stereocenters. The largest absolute Gasteiger partial charge is 0.135 e. The summed E-state index contributed by atoms with van der Waals surface area (Å²) in [6.07, 6.45) is 0. The van der Waals surface area contributed by atoms with E-state index >= 15 is 0 Å². The molecule has 33 aromatic rings. The van der Waals surface area contributed by atoms with Crippen molar-refractivity contribution in [2.24, 2.45) is 0 Å². The molecular formula is C144H84S6. The molecule has 150 heavy (non-hydrogen) atoms. The monoisotopic (exact) mass is 2000 g/mol. The van der Waals surface area contributed by atoms with Gasteiger partial charge in [0.1, 0.15) is 0 Å². The van der Waals surface area contributed by atoms with Gasteiger partial charge in [0.15, 0.2) is 0 Å². The molecule has 27 aromatic carbocycles. The Morgan fingerprint density at radius 2 is 0.300 bits per heavy atom. The van der Waals surface area contributed by atoms with Crippen LogP contribution in [0.4, 0.5) is 0 Å². The van der Waals surface area contributed by atoms with Crippen LogP contribution in [0.15, 0.2) is 510 Å². The van der Waals surface area contributed by atoms with Crippen molar-refractivity contribution >= 4 is 286 Å². The summed E-state index contributed by atoms with van der Waals surface area (Å²) in [6, 6.07) is 189. The van der Waals surface area contributed by atoms with Gasteiger partial charge in [0.05, 0.1) is 0 Å². The number of rotatable bonds is 9. The third kappa shape index (κ3) is 13.9. The fraction of sp³-hybridized carbons (Fsp3) is 0. The van der Waals surface area contributed by atoms with Crippen LogP contribution in [0.25, 0.3) is 318 Å². The van der Waals surface area contributed by atoms with E-state index in [2.05, 4.69) is 510 Å². The molecule has 0 spiro atoms. The van der Waals surface area contributed by atoms with Crippen LogP contribution in [0.1, 0.15) is 0 Å². The van der Waals surface area contributed by atoms with E-state index in [9.17, 15) is 0 Å². The Balaban J connectivity index is 0.000000101. The van der Waals surface area contributed by atoms with E-state index in [0.29, 0.717) is 0 Å². The van der Waals surface area contributed by atoms with Crippen LogP contribution >= 0.6 is 68.0 Å². The standard InChI is InChI=1S/3C48H28S2/c1-2-13-29(14-3-1)46-35-20-6-8-22-37(35)47(38-23-9-7-21-36(38)46)31-16-12-15-30(25-31)39-27-45-48(34-19-5-4-17-32(34)39)41-26-40-33-18-10-11-24-42(33)49-43(40)28-44(41)50-45;1-2-13-29(14-3-1)46-35-20-6-8-22-37(35)47(38-23-9-7-21-36(38)46)31-16-12-15-30(25-31)39-26-45-48(34-19-5-4-17-32(34)39)41-28-43-40(27-44(41)50-45)33-18-10-11-24-42(33)49-43;1-2-13-29(14-3-1)44-34-19-6-8-21-36(34)45(37-22-9-7-20-35(37)44)31-16-12-15-30(27-31)39-28-43-46(33-18-5-4-17-32(33)39)48-42(50-43)26-25-41-47(48)38-23-10-11-24-40(38)49-41/h3*1-28H. The van der Waals surface area contributed by atoms with E-state index in [0.717, 1.165) is 0 Å². The van der Waals surface area contributed by atoms with Gasteiger partial charge in [-0.2, -0.15) is 0 Å². The Kier molecular flexibility index (Phi) is 20.4. The van der Waals surface area contributed by atoms with E-state index in [1.807, 2.05) is 68.0 Å². The predicted molar refractivity (Wildman–Crippen MR) is 663 cm³/mol. The van der Waals surface area contributed by atoms with Gasteiger partial charge < -0.3 is 0 Å². The number of fused-ring (bicyclic) bond motifs is 31. The van der Waals surface area contributed by atoms with Gasteiger partial charge in [-0.1, -0.05) is 419 Å². The van der Waals surface area contributed by atoms with Crippen molar-refractivity contribution in [3.05, 3.63) is 510 Å². The van der Waals surface area contributed by atoms with Crippen molar-refractivity contribution in [2.75, 3.05) is 0 Å². The zero-order chi connectivity index (χ0) is 98.3. The Morgan fingerprint density at radius 1 is 0.0867 bits per heavy atom. The lowest BCUT2D eigenvalue weighted by atomic mass is 9.85. The maximum absolute atomic E-state index is 2.45. The number of hydrogen-bond donors (Lipinski definition) is 0. The highest BCUT2D eigenvalue weighted by atomic mass is 32.1. The first-order valence-corrected chi connectivity index (χ1v) is 56.2. The maximum Gasteiger partial charge on any atom is 0.0370 e. The van der Waals surface area contributed by atoms with Crippen molar-refractivity contribution in [2.45, 2.75) is 0 Å². The van der Waals surface area contributed by atoms with Gasteiger partial charge in [-0.15, -0.1) is 68.0 Å². The van der Waals surface area contributed by atoms with Gasteiger partial charge in [0.2, 0.25) is 0 Å². The molecule has 0 bridgehead atoms. The molecule has 33 rings (SSSR count). The topological polar surface area (TPSA) is 0 Å². The summed E-state index contributed by atoms with van der Waals surface area (Å²) >= 11 is 11.5. The molecular weight excluding hydrogens is 1920 g/mol. The van der Waals surface area contributed by atoms with Gasteiger partial charge >= 0.3 is 0 Å². The first-order chi connectivity index (χ1) is 74.4. The lowest BCUT2D eigenvalue weighted by Gasteiger charge is -2.18. The summed E-state index contributed by atoms with van der Waals surface area (Å²) in [6.45, 7) is 0. The first-order valence-electron chi connectivity index (χ1n) is 51.3. The van der Waals surface area contributed by atoms with Crippen molar-refractivity contribution in [1.82, 2.24) is 0 Å². The molecule has 0 radical (unpaired) electrons. The predicted octanol–water partition coefficient (Wildman–Crippen LogP) is 44.6. The molecule has 0 nitrogen and oxygen atoms in total. The molecule has 0 amide bonds. The maximum atomic E-state index is 2.45. The molecule has 0 aliphatic heterocycles. The normalized spacial score (nSPS) is 12.0. The van der Waals surface area contributed by atoms with Gasteiger partial charge in [-0.25, -0.2) is 0 Å². The Bertz CT molecular complexity index is 11100. The SMILES string of the molecule is c1ccc(-c2c3ccccc3c(-c3cccc(-c4cc5sc6cc7c(cc6c5c5ccccc45)sc4ccccc47)c3)c3ccccc23)cc1.c1ccc(-c2c3ccccc3c(-c3cccc(-c4cc5sc6cc7sc8ccccc8c7cc6c5c5ccccc45)c3)c3ccccc23)cc1.c1ccc(-c2c3ccccc3c(-c3cccc(-c4cc5sc6ccc7sc8ccccc8c7c6c5c5ccccc45)c3)c3ccccc23)cc1. The third-order valence-corrected chi connectivity index (χ3v) is 38.0. The summed E-state index contributed by atoms with van der Waals surface area (Å²) in [5.41, 5.74) is 22.8. The molecule has 0 saturated heterocycles. The van der Waals surface area contributed by atoms with Crippen molar-refractivity contribution in [1.29, 1.82) is 0 Å². The molecule has 6 heteroatoms. The van der Waals surface area contributed by atoms with Gasteiger partial charge in [-0.3, -0.25) is 0 Å². The minimum atomic E-state index is 1.24. The van der Waals surface area contributed by atoms with E-state index < -0.39 is 0 Å². The third-order valence-electron chi connectivity index (χ3n) is 31.3. The number of benzene rings is 27. The van der Waals surface area contributed by atoms with Gasteiger partial charge in [-0.05, 0) is 288 Å². The highest BCUT2D eigenvalue weighted by Crippen LogP contribution is 2.56. The summed E-state index contributed by atoms with van der Waals surface area (Å²) in [7, 11) is 0. The Hall–Kier alpha value is -17.4. The molecule has 0 aliphatic rings. The molecule has 0 N–H and O–H groups in total. The lowest BCUT2D eigenvalue weighted by molar-refractivity contribution is 1.64. The van der Waals surface area contributed by atoms with Crippen molar-refractivity contribution < 1.29 is 0 Å². The Labute approximate surface area is 887 Å². The van der Waals surface area contributed by atoms with Crippen LogP contribution in [0.3, 0.4) is 0 Å². The van der Waals surface area contributed by atoms with Crippen LogP contribution in [0.2, 0.25) is 0 Å². The van der Waals surface area contributed by atoms with Gasteiger partial charge in [0.25, 0.3) is 0 Å². The summed E-state index contributed by atoms with van der Waals surface area (Å²) in [5.74, 6) is 0. The number of hydrogen-bond acceptors (Lipinski definition) is 6. The molecule has 0 fully saturated rings. The molecule has 0 aliphatic carbocycles. The summed E-state index contributed by atoms with van der Waals surface area (Å²) in [5, 5.41) is 39.6. The average Bonchev–Trinajstić information content (AvgIpc) is 1.57. The summed E-state index contributed by atoms with van der Waals surface area (Å²) < 4.78 is 16.2. The van der Waals surface area contributed by atoms with Crippen LogP contribution in [0.5, 0.6) is 0 Å². The van der Waals surface area contributed by atoms with Crippen LogP contribution < -0.4 is 0 Å². The second-order valence-electron chi connectivity index (χ2n) is 39.5. The molecule has 0 atom stereocenters. The quantitative estimate of drug-likeness (QED) is 0.126. The summed E-state index contributed by atoms with van der Waals surface area (Å²) in [4.78, 5) is 0. The second kappa shape index (κ2) is 35.2. The van der Waals surface area contributed by atoms with E-state index in [1.54, 1.807) is 0 Å². The zero-order valence-corrected chi connectivity index (χ0v) is 85.8. The fourth-order valence-electron chi connectivity index (χ4n) is 25.0. The van der Waals surface area contributed by atoms with E-state index in [4.69, 9.17) is 0 Å².